The molecule has 0 fully saturated rings. The van der Waals surface area contributed by atoms with Crippen LogP contribution in [0.15, 0.2) is 36.0 Å². The number of benzene rings is 1. The molecule has 0 aliphatic heterocycles. The van der Waals surface area contributed by atoms with Crippen LogP contribution in [-0.2, 0) is 0 Å². The molecule has 2 N–H and O–H groups in total. The predicted molar refractivity (Wildman–Crippen MR) is 62.9 cm³/mol. The lowest BCUT2D eigenvalue weighted by Crippen LogP contribution is -1.95. The van der Waals surface area contributed by atoms with Gasteiger partial charge >= 0.3 is 5.97 Å². The number of H-pyrrole nitrogens is 1. The Balaban J connectivity index is 2.55. The summed E-state index contributed by atoms with van der Waals surface area (Å²) < 4.78 is 5.09. The number of carbonyl (C=O) groups is 1. The molecule has 0 aliphatic rings. The van der Waals surface area contributed by atoms with Gasteiger partial charge in [0.05, 0.1) is 16.6 Å². The molecule has 3 rings (SSSR count). The highest BCUT2D eigenvalue weighted by Crippen LogP contribution is 2.22. The number of carboxylic acid groups (broad SMARTS) is 1. The number of aromatic amines is 1. The molecule has 16 heavy (non-hydrogen) atoms. The Morgan fingerprint density at radius 3 is 3.06 bits per heavy atom. The highest BCUT2D eigenvalue weighted by atomic mass is 32.1. The van der Waals surface area contributed by atoms with E-state index >= 15 is 0 Å². The molecule has 1 aromatic carbocycles. The number of aromatic nitrogens is 2. The molecule has 0 atom stereocenters. The minimum Gasteiger partial charge on any atom is -0.478 e. The van der Waals surface area contributed by atoms with Crippen LogP contribution in [0.5, 0.6) is 0 Å². The Kier molecular flexibility index (Phi) is 1.87. The van der Waals surface area contributed by atoms with Crippen LogP contribution < -0.4 is 0 Å². The average molecular weight is 232 g/mol. The van der Waals surface area contributed by atoms with Gasteiger partial charge in [-0.3, -0.25) is 0 Å². The van der Waals surface area contributed by atoms with Gasteiger partial charge in [0.15, 0.2) is 0 Å². The van der Waals surface area contributed by atoms with Crippen molar-refractivity contribution in [2.45, 2.75) is 0 Å². The zero-order valence-corrected chi connectivity index (χ0v) is 8.99. The van der Waals surface area contributed by atoms with E-state index in [-0.39, 0.29) is 0 Å². The first-order valence-corrected chi connectivity index (χ1v) is 5.60. The topological polar surface area (TPSA) is 57.5 Å². The van der Waals surface area contributed by atoms with Crippen molar-refractivity contribution in [1.29, 1.82) is 0 Å². The molecule has 4 nitrogen and oxygen atoms in total. The SMILES string of the molecule is O=C(O)c1cc2ccn3ccs[nH]c(c1)c23. The molecular formula is C11H8N2O2S. The van der Waals surface area contributed by atoms with E-state index in [1.54, 1.807) is 12.1 Å². The summed E-state index contributed by atoms with van der Waals surface area (Å²) in [6.07, 6.45) is 3.86. The van der Waals surface area contributed by atoms with Gasteiger partial charge in [0.25, 0.3) is 0 Å². The molecule has 5 heteroatoms. The predicted octanol–water partition coefficient (Wildman–Crippen LogP) is 2.74. The first kappa shape index (κ1) is 9.23. The third-order valence-corrected chi connectivity index (χ3v) is 3.11. The molecule has 2 heterocycles. The van der Waals surface area contributed by atoms with Crippen molar-refractivity contribution in [2.75, 3.05) is 0 Å². The molecular weight excluding hydrogens is 224 g/mol. The molecule has 0 saturated carbocycles. The lowest BCUT2D eigenvalue weighted by atomic mass is 10.1. The van der Waals surface area contributed by atoms with Crippen molar-refractivity contribution in [3.05, 3.63) is 41.5 Å². The van der Waals surface area contributed by atoms with E-state index in [4.69, 9.17) is 5.11 Å². The van der Waals surface area contributed by atoms with Crippen LogP contribution in [-0.4, -0.2) is 19.9 Å². The first-order valence-electron chi connectivity index (χ1n) is 4.72. The van der Waals surface area contributed by atoms with E-state index in [9.17, 15) is 4.79 Å². The van der Waals surface area contributed by atoms with Gasteiger partial charge in [-0.25, -0.2) is 4.79 Å². The van der Waals surface area contributed by atoms with E-state index in [2.05, 4.69) is 4.37 Å². The van der Waals surface area contributed by atoms with E-state index in [0.717, 1.165) is 16.4 Å². The van der Waals surface area contributed by atoms with Crippen molar-refractivity contribution in [3.63, 3.8) is 0 Å². The number of carboxylic acids is 1. The number of hydrogen-bond donors (Lipinski definition) is 2. The summed E-state index contributed by atoms with van der Waals surface area (Å²) in [6.45, 7) is 0. The summed E-state index contributed by atoms with van der Waals surface area (Å²) in [4.78, 5) is 11.0. The molecule has 0 spiro atoms. The van der Waals surface area contributed by atoms with Gasteiger partial charge < -0.3 is 13.9 Å². The Bertz CT molecular complexity index is 705. The Hall–Kier alpha value is -2.01. The number of rotatable bonds is 1. The van der Waals surface area contributed by atoms with Crippen LogP contribution in [0.4, 0.5) is 0 Å². The van der Waals surface area contributed by atoms with E-state index in [1.807, 2.05) is 28.2 Å². The van der Waals surface area contributed by atoms with Crippen molar-refractivity contribution < 1.29 is 9.90 Å². The van der Waals surface area contributed by atoms with Crippen molar-refractivity contribution >= 4 is 33.9 Å². The van der Waals surface area contributed by atoms with E-state index in [1.165, 1.54) is 11.5 Å². The van der Waals surface area contributed by atoms with Crippen LogP contribution >= 0.6 is 11.5 Å². The number of nitrogens with zero attached hydrogens (tertiary/aromatic N) is 1. The lowest BCUT2D eigenvalue weighted by Gasteiger charge is -1.98. The highest BCUT2D eigenvalue weighted by Gasteiger charge is 2.08. The van der Waals surface area contributed by atoms with Crippen LogP contribution in [0.2, 0.25) is 0 Å². The van der Waals surface area contributed by atoms with E-state index < -0.39 is 5.97 Å². The molecule has 0 aliphatic carbocycles. The van der Waals surface area contributed by atoms with Gasteiger partial charge in [-0.2, -0.15) is 0 Å². The molecule has 0 bridgehead atoms. The zero-order valence-electron chi connectivity index (χ0n) is 8.18. The second kappa shape index (κ2) is 3.24. The van der Waals surface area contributed by atoms with Gasteiger partial charge in [0.1, 0.15) is 0 Å². The van der Waals surface area contributed by atoms with Gasteiger partial charge in [0, 0.05) is 23.2 Å². The summed E-state index contributed by atoms with van der Waals surface area (Å²) in [6, 6.07) is 5.25. The van der Waals surface area contributed by atoms with E-state index in [0.29, 0.717) is 5.56 Å². The van der Waals surface area contributed by atoms with Crippen LogP contribution in [0.3, 0.4) is 0 Å². The quantitative estimate of drug-likeness (QED) is 0.677. The third kappa shape index (κ3) is 1.25. The second-order valence-corrected chi connectivity index (χ2v) is 4.21. The summed E-state index contributed by atoms with van der Waals surface area (Å²) >= 11 is 1.43. The van der Waals surface area contributed by atoms with Crippen molar-refractivity contribution in [3.8, 4) is 0 Å². The fourth-order valence-corrected chi connectivity index (χ4v) is 2.37. The summed E-state index contributed by atoms with van der Waals surface area (Å²) in [7, 11) is 0. The third-order valence-electron chi connectivity index (χ3n) is 2.52. The smallest absolute Gasteiger partial charge is 0.335 e. The summed E-state index contributed by atoms with van der Waals surface area (Å²) in [5.74, 6) is -0.907. The van der Waals surface area contributed by atoms with Gasteiger partial charge in [-0.15, -0.1) is 0 Å². The minimum absolute atomic E-state index is 0.301. The lowest BCUT2D eigenvalue weighted by molar-refractivity contribution is 0.0697. The van der Waals surface area contributed by atoms with Gasteiger partial charge in [-0.05, 0) is 18.2 Å². The molecule has 0 amide bonds. The fraction of sp³-hybridized carbons (Fsp3) is 0. The first-order chi connectivity index (χ1) is 7.75. The Labute approximate surface area is 94.6 Å². The maximum absolute atomic E-state index is 11.0. The largest absolute Gasteiger partial charge is 0.478 e. The maximum Gasteiger partial charge on any atom is 0.335 e. The zero-order chi connectivity index (χ0) is 11.1. The Morgan fingerprint density at radius 2 is 2.25 bits per heavy atom. The standard InChI is InChI=1S/C11H8N2O2S/c14-11(15)8-5-7-1-2-13-3-4-16-12-9(6-8)10(7)13/h1-6,12H,(H,14,15). The molecule has 0 saturated heterocycles. The highest BCUT2D eigenvalue weighted by molar-refractivity contribution is 7.03. The fourth-order valence-electron chi connectivity index (χ4n) is 1.83. The molecule has 2 aromatic heterocycles. The van der Waals surface area contributed by atoms with Crippen LogP contribution in [0.25, 0.3) is 16.4 Å². The Morgan fingerprint density at radius 1 is 1.38 bits per heavy atom. The van der Waals surface area contributed by atoms with Gasteiger partial charge in [-0.1, -0.05) is 11.5 Å². The van der Waals surface area contributed by atoms with Crippen LogP contribution in [0, 0.1) is 0 Å². The van der Waals surface area contributed by atoms with Gasteiger partial charge in [0.2, 0.25) is 0 Å². The molecule has 80 valence electrons. The summed E-state index contributed by atoms with van der Waals surface area (Å²) in [5, 5.41) is 11.8. The average Bonchev–Trinajstić information content (AvgIpc) is 2.55. The van der Waals surface area contributed by atoms with Crippen molar-refractivity contribution in [1.82, 2.24) is 8.77 Å². The number of aromatic carboxylic acids is 1. The monoisotopic (exact) mass is 232 g/mol. The maximum atomic E-state index is 11.0. The minimum atomic E-state index is -0.907. The molecule has 0 radical (unpaired) electrons. The second-order valence-electron chi connectivity index (χ2n) is 3.49. The number of nitrogens with one attached hydrogen (secondary N) is 1. The summed E-state index contributed by atoms with van der Waals surface area (Å²) in [5.41, 5.74) is 2.14. The van der Waals surface area contributed by atoms with Crippen LogP contribution in [0.1, 0.15) is 10.4 Å². The van der Waals surface area contributed by atoms with Crippen molar-refractivity contribution in [2.24, 2.45) is 0 Å². The normalized spacial score (nSPS) is 11.0. The molecule has 0 unspecified atom stereocenters. The number of hydrogen-bond acceptors (Lipinski definition) is 2. The molecule has 3 aromatic rings.